The van der Waals surface area contributed by atoms with E-state index in [9.17, 15) is 9.59 Å². The average molecular weight is 319 g/mol. The molecule has 0 fully saturated rings. The molecule has 3 heterocycles. The van der Waals surface area contributed by atoms with E-state index in [2.05, 4.69) is 15.3 Å². The van der Waals surface area contributed by atoms with E-state index in [1.54, 1.807) is 31.6 Å². The van der Waals surface area contributed by atoms with E-state index in [0.717, 1.165) is 11.0 Å². The molecule has 0 aliphatic rings. The van der Waals surface area contributed by atoms with Gasteiger partial charge < -0.3 is 9.88 Å². The number of benzene rings is 1. The molecule has 0 atom stereocenters. The molecule has 4 rings (SSSR count). The van der Waals surface area contributed by atoms with Gasteiger partial charge >= 0.3 is 0 Å². The minimum absolute atomic E-state index is 0.142. The quantitative estimate of drug-likeness (QED) is 0.611. The molecule has 24 heavy (non-hydrogen) atoms. The van der Waals surface area contributed by atoms with Gasteiger partial charge in [-0.05, 0) is 24.3 Å². The SMILES string of the molecule is Cn1cc(NC(=O)c2ccn3c(n2)nc2ccccc23)ccc1=O. The zero-order valence-corrected chi connectivity index (χ0v) is 12.8. The summed E-state index contributed by atoms with van der Waals surface area (Å²) in [7, 11) is 1.62. The third-order valence-electron chi connectivity index (χ3n) is 3.76. The van der Waals surface area contributed by atoms with Crippen molar-refractivity contribution in [3.05, 3.63) is 70.9 Å². The maximum absolute atomic E-state index is 12.4. The number of imidazole rings is 1. The molecule has 0 bridgehead atoms. The molecule has 1 N–H and O–H groups in total. The van der Waals surface area contributed by atoms with Gasteiger partial charge in [-0.2, -0.15) is 0 Å². The van der Waals surface area contributed by atoms with Gasteiger partial charge in [0.05, 0.1) is 16.7 Å². The predicted molar refractivity (Wildman–Crippen MR) is 90.1 cm³/mol. The molecule has 1 aromatic carbocycles. The second-order valence-electron chi connectivity index (χ2n) is 5.40. The zero-order valence-electron chi connectivity index (χ0n) is 12.8. The van der Waals surface area contributed by atoms with Crippen molar-refractivity contribution in [1.29, 1.82) is 0 Å². The molecule has 4 aromatic rings. The highest BCUT2D eigenvalue weighted by molar-refractivity contribution is 6.03. The largest absolute Gasteiger partial charge is 0.319 e. The van der Waals surface area contributed by atoms with Crippen LogP contribution in [0, 0.1) is 0 Å². The van der Waals surface area contributed by atoms with Crippen LogP contribution >= 0.6 is 0 Å². The van der Waals surface area contributed by atoms with Crippen molar-refractivity contribution in [2.75, 3.05) is 5.32 Å². The molecule has 1 amide bonds. The molecule has 0 aliphatic carbocycles. The zero-order chi connectivity index (χ0) is 16.7. The van der Waals surface area contributed by atoms with Crippen LogP contribution in [-0.4, -0.2) is 24.8 Å². The van der Waals surface area contributed by atoms with Crippen molar-refractivity contribution in [3.8, 4) is 0 Å². The van der Waals surface area contributed by atoms with Crippen LogP contribution in [0.25, 0.3) is 16.8 Å². The number of carbonyl (C=O) groups excluding carboxylic acids is 1. The number of hydrogen-bond acceptors (Lipinski definition) is 4. The van der Waals surface area contributed by atoms with Crippen molar-refractivity contribution in [1.82, 2.24) is 18.9 Å². The molecule has 0 aliphatic heterocycles. The number of anilines is 1. The Morgan fingerprint density at radius 1 is 1.08 bits per heavy atom. The van der Waals surface area contributed by atoms with Gasteiger partial charge in [0, 0.05) is 25.5 Å². The Bertz CT molecular complexity index is 1140. The Morgan fingerprint density at radius 3 is 2.75 bits per heavy atom. The highest BCUT2D eigenvalue weighted by Gasteiger charge is 2.11. The first kappa shape index (κ1) is 14.1. The minimum Gasteiger partial charge on any atom is -0.319 e. The Morgan fingerprint density at radius 2 is 1.92 bits per heavy atom. The summed E-state index contributed by atoms with van der Waals surface area (Å²) in [5.41, 5.74) is 2.39. The molecule has 7 nitrogen and oxygen atoms in total. The number of fused-ring (bicyclic) bond motifs is 3. The van der Waals surface area contributed by atoms with E-state index in [1.807, 2.05) is 28.7 Å². The normalized spacial score (nSPS) is 11.0. The summed E-state index contributed by atoms with van der Waals surface area (Å²) in [5, 5.41) is 2.73. The molecule has 0 saturated carbocycles. The molecule has 3 aromatic heterocycles. The summed E-state index contributed by atoms with van der Waals surface area (Å²) in [4.78, 5) is 32.5. The fraction of sp³-hybridized carbons (Fsp3) is 0.0588. The number of nitrogens with one attached hydrogen (secondary N) is 1. The lowest BCUT2D eigenvalue weighted by molar-refractivity contribution is 0.102. The molecule has 0 unspecified atom stereocenters. The first-order chi connectivity index (χ1) is 11.6. The van der Waals surface area contributed by atoms with Gasteiger partial charge in [-0.25, -0.2) is 9.97 Å². The predicted octanol–water partition coefficient (Wildman–Crippen LogP) is 1.83. The average Bonchev–Trinajstić information content (AvgIpc) is 2.96. The van der Waals surface area contributed by atoms with Gasteiger partial charge in [0.25, 0.3) is 5.91 Å². The van der Waals surface area contributed by atoms with E-state index in [4.69, 9.17) is 0 Å². The Balaban J connectivity index is 1.70. The van der Waals surface area contributed by atoms with Crippen molar-refractivity contribution in [3.63, 3.8) is 0 Å². The van der Waals surface area contributed by atoms with Crippen LogP contribution in [0.1, 0.15) is 10.5 Å². The van der Waals surface area contributed by atoms with Gasteiger partial charge in [0.2, 0.25) is 11.3 Å². The number of carbonyl (C=O) groups is 1. The van der Waals surface area contributed by atoms with Crippen LogP contribution in [0.5, 0.6) is 0 Å². The third-order valence-corrected chi connectivity index (χ3v) is 3.76. The second-order valence-corrected chi connectivity index (χ2v) is 5.40. The fourth-order valence-corrected chi connectivity index (χ4v) is 2.54. The van der Waals surface area contributed by atoms with Crippen LogP contribution < -0.4 is 10.9 Å². The summed E-state index contributed by atoms with van der Waals surface area (Å²) >= 11 is 0. The molecule has 0 radical (unpaired) electrons. The van der Waals surface area contributed by atoms with Crippen molar-refractivity contribution >= 4 is 28.4 Å². The number of para-hydroxylation sites is 2. The molecule has 0 spiro atoms. The molecular formula is C17H13N5O2. The number of pyridine rings is 1. The van der Waals surface area contributed by atoms with Gasteiger partial charge in [-0.1, -0.05) is 12.1 Å². The van der Waals surface area contributed by atoms with E-state index in [0.29, 0.717) is 11.5 Å². The van der Waals surface area contributed by atoms with E-state index in [-0.39, 0.29) is 17.2 Å². The Hall–Kier alpha value is -3.48. The first-order valence-corrected chi connectivity index (χ1v) is 7.34. The summed E-state index contributed by atoms with van der Waals surface area (Å²) in [6, 6.07) is 12.3. The van der Waals surface area contributed by atoms with Crippen LogP contribution in [0.2, 0.25) is 0 Å². The summed E-state index contributed by atoms with van der Waals surface area (Å²) < 4.78 is 3.23. The lowest BCUT2D eigenvalue weighted by Crippen LogP contribution is -2.18. The maximum atomic E-state index is 12.4. The van der Waals surface area contributed by atoms with E-state index in [1.165, 1.54) is 10.6 Å². The molecular weight excluding hydrogens is 306 g/mol. The third kappa shape index (κ3) is 2.32. The number of nitrogens with zero attached hydrogens (tertiary/aromatic N) is 4. The number of rotatable bonds is 2. The minimum atomic E-state index is -0.358. The number of aryl methyl sites for hydroxylation is 1. The van der Waals surface area contributed by atoms with Gasteiger partial charge in [0.1, 0.15) is 5.69 Å². The number of amides is 1. The van der Waals surface area contributed by atoms with Gasteiger partial charge in [-0.3, -0.25) is 14.0 Å². The highest BCUT2D eigenvalue weighted by Crippen LogP contribution is 2.15. The van der Waals surface area contributed by atoms with Crippen LogP contribution in [-0.2, 0) is 7.05 Å². The van der Waals surface area contributed by atoms with Crippen molar-refractivity contribution in [2.45, 2.75) is 0 Å². The monoisotopic (exact) mass is 319 g/mol. The molecule has 118 valence electrons. The Labute approximate surface area is 136 Å². The van der Waals surface area contributed by atoms with Crippen molar-refractivity contribution < 1.29 is 4.79 Å². The lowest BCUT2D eigenvalue weighted by atomic mass is 10.3. The smallest absolute Gasteiger partial charge is 0.274 e. The topological polar surface area (TPSA) is 81.3 Å². The van der Waals surface area contributed by atoms with E-state index >= 15 is 0 Å². The summed E-state index contributed by atoms with van der Waals surface area (Å²) in [6.07, 6.45) is 3.33. The van der Waals surface area contributed by atoms with E-state index < -0.39 is 0 Å². The lowest BCUT2D eigenvalue weighted by Gasteiger charge is -2.06. The highest BCUT2D eigenvalue weighted by atomic mass is 16.2. The first-order valence-electron chi connectivity index (χ1n) is 7.34. The Kier molecular flexibility index (Phi) is 3.13. The number of hydrogen-bond donors (Lipinski definition) is 1. The van der Waals surface area contributed by atoms with Crippen molar-refractivity contribution in [2.24, 2.45) is 7.05 Å². The van der Waals surface area contributed by atoms with Gasteiger partial charge in [-0.15, -0.1) is 0 Å². The second kappa shape index (κ2) is 5.31. The van der Waals surface area contributed by atoms with Crippen LogP contribution in [0.4, 0.5) is 5.69 Å². The maximum Gasteiger partial charge on any atom is 0.274 e. The molecule has 0 saturated heterocycles. The summed E-state index contributed by atoms with van der Waals surface area (Å²) in [6.45, 7) is 0. The van der Waals surface area contributed by atoms with Crippen LogP contribution in [0.15, 0.2) is 59.7 Å². The standard InChI is InChI=1S/C17H13N5O2/c1-21-10-11(6-7-15(21)23)18-16(24)13-8-9-22-14-5-3-2-4-12(14)19-17(22)20-13/h2-10H,1H3,(H,18,24). The van der Waals surface area contributed by atoms with Gasteiger partial charge in [0.15, 0.2) is 0 Å². The fourth-order valence-electron chi connectivity index (χ4n) is 2.54. The van der Waals surface area contributed by atoms with Crippen LogP contribution in [0.3, 0.4) is 0 Å². The number of aromatic nitrogens is 4. The summed E-state index contributed by atoms with van der Waals surface area (Å²) in [5.74, 6) is 0.104. The molecule has 7 heteroatoms.